The van der Waals surface area contributed by atoms with Gasteiger partial charge in [0.05, 0.1) is 12.1 Å². The van der Waals surface area contributed by atoms with E-state index >= 15 is 0 Å². The zero-order valence-corrected chi connectivity index (χ0v) is 16.7. The Kier molecular flexibility index (Phi) is 4.01. The third-order valence-electron chi connectivity index (χ3n) is 5.25. The van der Waals surface area contributed by atoms with Crippen LogP contribution in [0.5, 0.6) is 0 Å². The predicted molar refractivity (Wildman–Crippen MR) is 110 cm³/mol. The molecule has 0 radical (unpaired) electrons. The van der Waals surface area contributed by atoms with Crippen molar-refractivity contribution in [3.8, 4) is 11.3 Å². The molecule has 140 valence electrons. The van der Waals surface area contributed by atoms with Gasteiger partial charge < -0.3 is 4.42 Å². The van der Waals surface area contributed by atoms with Crippen LogP contribution in [0.4, 0.5) is 10.1 Å². The number of halogens is 1. The summed E-state index contributed by atoms with van der Waals surface area (Å²) in [5.41, 5.74) is 5.36. The van der Waals surface area contributed by atoms with Crippen molar-refractivity contribution in [2.75, 3.05) is 0 Å². The van der Waals surface area contributed by atoms with Gasteiger partial charge in [0.1, 0.15) is 18.2 Å². The number of rotatable bonds is 1. The summed E-state index contributed by atoms with van der Waals surface area (Å²) >= 11 is 0. The minimum atomic E-state index is -0.312. The standard InChI is InChI=1S/C24H22FN2O/c1-14-7-9-16-17-11-15(26-5)8-10-21(17)28-23(16)22(14)20-12-18(24(2,3)4)19(25)13-27(20)6/h7-13H,1-4,6H3/q+1. The van der Waals surface area contributed by atoms with Gasteiger partial charge in [0, 0.05) is 22.4 Å². The Balaban J connectivity index is 2.10. The minimum absolute atomic E-state index is 0.213. The molecule has 28 heavy (non-hydrogen) atoms. The molecule has 2 aromatic carbocycles. The van der Waals surface area contributed by atoms with Crippen LogP contribution in [0.1, 0.15) is 31.9 Å². The van der Waals surface area contributed by atoms with Gasteiger partial charge >= 0.3 is 0 Å². The van der Waals surface area contributed by atoms with Gasteiger partial charge in [0.2, 0.25) is 11.9 Å². The molecule has 0 N–H and O–H groups in total. The number of pyridine rings is 1. The third kappa shape index (κ3) is 2.75. The van der Waals surface area contributed by atoms with Crippen molar-refractivity contribution in [1.82, 2.24) is 0 Å². The molecule has 0 saturated carbocycles. The summed E-state index contributed by atoms with van der Waals surface area (Å²) in [5, 5.41) is 1.88. The summed E-state index contributed by atoms with van der Waals surface area (Å²) in [4.78, 5) is 3.53. The van der Waals surface area contributed by atoms with Gasteiger partial charge in [-0.15, -0.1) is 0 Å². The van der Waals surface area contributed by atoms with E-state index in [0.717, 1.165) is 38.8 Å². The molecule has 3 nitrogen and oxygen atoms in total. The first kappa shape index (κ1) is 18.2. The first-order chi connectivity index (χ1) is 13.2. The van der Waals surface area contributed by atoms with Gasteiger partial charge in [-0.3, -0.25) is 0 Å². The van der Waals surface area contributed by atoms with Crippen LogP contribution in [0.15, 0.2) is 47.0 Å². The number of furan rings is 1. The highest BCUT2D eigenvalue weighted by Gasteiger charge is 2.27. The third-order valence-corrected chi connectivity index (χ3v) is 5.25. The van der Waals surface area contributed by atoms with E-state index in [1.54, 1.807) is 6.07 Å². The second-order valence-corrected chi connectivity index (χ2v) is 8.31. The molecule has 0 aliphatic rings. The molecule has 0 bridgehead atoms. The molecule has 0 spiro atoms. The molecule has 4 aromatic rings. The van der Waals surface area contributed by atoms with Crippen LogP contribution < -0.4 is 4.57 Å². The average molecular weight is 373 g/mol. The van der Waals surface area contributed by atoms with Crippen LogP contribution in [0.25, 0.3) is 38.0 Å². The average Bonchev–Trinajstić information content (AvgIpc) is 2.99. The predicted octanol–water partition coefficient (Wildman–Crippen LogP) is 6.37. The van der Waals surface area contributed by atoms with Gasteiger partial charge in [-0.05, 0) is 30.0 Å². The normalized spacial score (nSPS) is 11.9. The van der Waals surface area contributed by atoms with E-state index in [1.807, 2.05) is 63.6 Å². The smallest absolute Gasteiger partial charge is 0.216 e. The molecule has 4 heteroatoms. The zero-order chi connectivity index (χ0) is 20.2. The molecule has 0 unspecified atom stereocenters. The Hall–Kier alpha value is -3.19. The molecule has 0 aliphatic heterocycles. The molecule has 0 fully saturated rings. The molecule has 0 atom stereocenters. The lowest BCUT2D eigenvalue weighted by Crippen LogP contribution is -2.33. The van der Waals surface area contributed by atoms with Crippen LogP contribution in [-0.2, 0) is 12.5 Å². The number of fused-ring (bicyclic) bond motifs is 3. The maximum atomic E-state index is 14.6. The van der Waals surface area contributed by atoms with E-state index in [2.05, 4.69) is 10.9 Å². The first-order valence-corrected chi connectivity index (χ1v) is 9.24. The van der Waals surface area contributed by atoms with Crippen molar-refractivity contribution in [3.63, 3.8) is 0 Å². The van der Waals surface area contributed by atoms with Gasteiger partial charge in [0.15, 0.2) is 11.5 Å². The SMILES string of the molecule is [C-]#[N+]c1ccc2oc3c(-c4cc(C(C)(C)C)c(F)c[n+]4C)c(C)ccc3c2c1. The summed E-state index contributed by atoms with van der Waals surface area (Å²) in [7, 11) is 1.85. The van der Waals surface area contributed by atoms with Crippen molar-refractivity contribution in [2.24, 2.45) is 7.05 Å². The number of aryl methyl sites for hydroxylation is 2. The Morgan fingerprint density at radius 3 is 2.50 bits per heavy atom. The molecule has 0 saturated heterocycles. The Morgan fingerprint density at radius 1 is 1.07 bits per heavy atom. The minimum Gasteiger partial charge on any atom is -0.455 e. The lowest BCUT2D eigenvalue weighted by Gasteiger charge is -2.19. The number of benzene rings is 2. The van der Waals surface area contributed by atoms with Gasteiger partial charge in [-0.25, -0.2) is 9.24 Å². The topological polar surface area (TPSA) is 21.4 Å². The number of hydrogen-bond acceptors (Lipinski definition) is 1. The molecular weight excluding hydrogens is 351 g/mol. The van der Waals surface area contributed by atoms with E-state index in [4.69, 9.17) is 11.0 Å². The summed E-state index contributed by atoms with van der Waals surface area (Å²) in [6.45, 7) is 15.3. The van der Waals surface area contributed by atoms with Crippen LogP contribution >= 0.6 is 0 Å². The van der Waals surface area contributed by atoms with E-state index in [1.165, 1.54) is 6.20 Å². The second kappa shape index (κ2) is 6.17. The Bertz CT molecular complexity index is 1290. The maximum absolute atomic E-state index is 14.6. The van der Waals surface area contributed by atoms with Gasteiger partial charge in [-0.2, -0.15) is 4.57 Å². The highest BCUT2D eigenvalue weighted by atomic mass is 19.1. The van der Waals surface area contributed by atoms with E-state index < -0.39 is 0 Å². The number of aromatic nitrogens is 1. The molecule has 2 heterocycles. The molecule has 0 amide bonds. The summed E-state index contributed by atoms with van der Waals surface area (Å²) < 4.78 is 22.7. The molecule has 4 rings (SSSR count). The highest BCUT2D eigenvalue weighted by Crippen LogP contribution is 2.39. The lowest BCUT2D eigenvalue weighted by molar-refractivity contribution is -0.662. The summed E-state index contributed by atoms with van der Waals surface area (Å²) in [5.74, 6) is -0.213. The van der Waals surface area contributed by atoms with Gasteiger partial charge in [0.25, 0.3) is 0 Å². The quantitative estimate of drug-likeness (QED) is 0.280. The zero-order valence-electron chi connectivity index (χ0n) is 16.7. The fourth-order valence-corrected chi connectivity index (χ4v) is 3.75. The molecule has 0 aliphatic carbocycles. The fourth-order valence-electron chi connectivity index (χ4n) is 3.75. The van der Waals surface area contributed by atoms with E-state index in [-0.39, 0.29) is 11.2 Å². The van der Waals surface area contributed by atoms with Gasteiger partial charge in [-0.1, -0.05) is 39.0 Å². The summed E-state index contributed by atoms with van der Waals surface area (Å²) in [6, 6.07) is 11.5. The largest absolute Gasteiger partial charge is 0.455 e. The van der Waals surface area contributed by atoms with E-state index in [0.29, 0.717) is 11.3 Å². The van der Waals surface area contributed by atoms with E-state index in [9.17, 15) is 4.39 Å². The van der Waals surface area contributed by atoms with Crippen molar-refractivity contribution in [1.29, 1.82) is 0 Å². The van der Waals surface area contributed by atoms with Crippen molar-refractivity contribution < 1.29 is 13.4 Å². The Labute approximate surface area is 163 Å². The maximum Gasteiger partial charge on any atom is 0.216 e. The fraction of sp³-hybridized carbons (Fsp3) is 0.250. The number of hydrogen-bond donors (Lipinski definition) is 0. The highest BCUT2D eigenvalue weighted by molar-refractivity contribution is 6.10. The van der Waals surface area contributed by atoms with Crippen LogP contribution in [0.2, 0.25) is 0 Å². The second-order valence-electron chi connectivity index (χ2n) is 8.31. The van der Waals surface area contributed by atoms with Crippen LogP contribution in [0, 0.1) is 19.3 Å². The molecular formula is C24H22FN2O+. The molecule has 2 aromatic heterocycles. The first-order valence-electron chi connectivity index (χ1n) is 9.24. The van der Waals surface area contributed by atoms with Crippen LogP contribution in [0.3, 0.4) is 0 Å². The summed E-state index contributed by atoms with van der Waals surface area (Å²) in [6.07, 6.45) is 1.54. The van der Waals surface area contributed by atoms with Crippen LogP contribution in [-0.4, -0.2) is 0 Å². The Morgan fingerprint density at radius 2 is 1.82 bits per heavy atom. The number of nitrogens with zero attached hydrogens (tertiary/aromatic N) is 2. The van der Waals surface area contributed by atoms with Crippen molar-refractivity contribution in [3.05, 3.63) is 71.0 Å². The van der Waals surface area contributed by atoms with Crippen molar-refractivity contribution in [2.45, 2.75) is 33.1 Å². The monoisotopic (exact) mass is 373 g/mol. The van der Waals surface area contributed by atoms with Crippen molar-refractivity contribution >= 4 is 27.6 Å². The lowest BCUT2D eigenvalue weighted by atomic mass is 9.86.